The maximum atomic E-state index is 10.8. The van der Waals surface area contributed by atoms with Crippen molar-refractivity contribution in [1.29, 1.82) is 0 Å². The van der Waals surface area contributed by atoms with Gasteiger partial charge in [-0.3, -0.25) is 10.1 Å². The van der Waals surface area contributed by atoms with E-state index in [0.29, 0.717) is 18.9 Å². The van der Waals surface area contributed by atoms with Crippen molar-refractivity contribution in [3.63, 3.8) is 0 Å². The van der Waals surface area contributed by atoms with Crippen molar-refractivity contribution < 1.29 is 14.4 Å². The van der Waals surface area contributed by atoms with Crippen LogP contribution in [0.1, 0.15) is 6.92 Å². The minimum Gasteiger partial charge on any atom is -0.496 e. The molecular formula is C11H16N2O4. The second-order valence-electron chi connectivity index (χ2n) is 3.29. The van der Waals surface area contributed by atoms with Crippen LogP contribution >= 0.6 is 0 Å². The zero-order valence-electron chi connectivity index (χ0n) is 9.93. The van der Waals surface area contributed by atoms with Gasteiger partial charge >= 0.3 is 5.69 Å². The lowest BCUT2D eigenvalue weighted by Gasteiger charge is -2.08. The fraction of sp³-hybridized carbons (Fsp3) is 0.455. The van der Waals surface area contributed by atoms with Crippen LogP contribution in [0.3, 0.4) is 0 Å². The van der Waals surface area contributed by atoms with E-state index < -0.39 is 4.92 Å². The lowest BCUT2D eigenvalue weighted by atomic mass is 10.3. The van der Waals surface area contributed by atoms with E-state index in [9.17, 15) is 10.1 Å². The molecule has 6 heteroatoms. The number of benzene rings is 1. The molecule has 1 aromatic rings. The molecule has 0 fully saturated rings. The number of nitrogens with one attached hydrogen (secondary N) is 1. The highest BCUT2D eigenvalue weighted by atomic mass is 16.6. The fourth-order valence-electron chi connectivity index (χ4n) is 1.30. The van der Waals surface area contributed by atoms with Gasteiger partial charge in [-0.2, -0.15) is 0 Å². The van der Waals surface area contributed by atoms with Gasteiger partial charge in [0.2, 0.25) is 0 Å². The smallest absolute Gasteiger partial charge is 0.314 e. The summed E-state index contributed by atoms with van der Waals surface area (Å²) in [6, 6.07) is 4.53. The molecule has 1 N–H and O–H groups in total. The van der Waals surface area contributed by atoms with E-state index >= 15 is 0 Å². The van der Waals surface area contributed by atoms with E-state index in [4.69, 9.17) is 9.47 Å². The molecule has 0 atom stereocenters. The molecule has 0 saturated heterocycles. The Balaban J connectivity index is 2.73. The van der Waals surface area contributed by atoms with Crippen molar-refractivity contribution in [1.82, 2.24) is 5.32 Å². The van der Waals surface area contributed by atoms with Crippen molar-refractivity contribution in [3.05, 3.63) is 28.3 Å². The summed E-state index contributed by atoms with van der Waals surface area (Å²) in [5, 5.41) is 13.9. The lowest BCUT2D eigenvalue weighted by Crippen LogP contribution is -2.20. The summed E-state index contributed by atoms with van der Waals surface area (Å²) < 4.78 is 10.3. The first-order valence-electron chi connectivity index (χ1n) is 5.35. The van der Waals surface area contributed by atoms with Gasteiger partial charge in [-0.15, -0.1) is 0 Å². The Labute approximate surface area is 99.7 Å². The molecule has 0 unspecified atom stereocenters. The average Bonchev–Trinajstić information content (AvgIpc) is 2.34. The van der Waals surface area contributed by atoms with Crippen LogP contribution < -0.4 is 14.8 Å². The maximum absolute atomic E-state index is 10.8. The van der Waals surface area contributed by atoms with Gasteiger partial charge in [0.25, 0.3) is 0 Å². The Morgan fingerprint density at radius 1 is 1.47 bits per heavy atom. The number of nitro benzene ring substituents is 1. The number of nitro groups is 1. The molecule has 1 rings (SSSR count). The van der Waals surface area contributed by atoms with E-state index in [1.807, 2.05) is 6.92 Å². The first-order valence-corrected chi connectivity index (χ1v) is 5.35. The van der Waals surface area contributed by atoms with Gasteiger partial charge in [-0.05, 0) is 18.7 Å². The van der Waals surface area contributed by atoms with Crippen LogP contribution in [0.5, 0.6) is 11.5 Å². The molecule has 0 bridgehead atoms. The molecule has 0 aromatic heterocycles. The molecule has 0 aliphatic carbocycles. The highest BCUT2D eigenvalue weighted by Crippen LogP contribution is 2.30. The van der Waals surface area contributed by atoms with Crippen molar-refractivity contribution in [2.45, 2.75) is 6.92 Å². The standard InChI is InChI=1S/C11H16N2O4/c1-3-12-6-7-17-11-5-4-9(16-2)8-10(11)13(14)15/h4-5,8,12H,3,6-7H2,1-2H3. The van der Waals surface area contributed by atoms with Crippen LogP contribution in [0, 0.1) is 10.1 Å². The largest absolute Gasteiger partial charge is 0.496 e. The van der Waals surface area contributed by atoms with Crippen LogP contribution in [0.25, 0.3) is 0 Å². The highest BCUT2D eigenvalue weighted by Gasteiger charge is 2.16. The number of rotatable bonds is 7. The van der Waals surface area contributed by atoms with E-state index in [-0.39, 0.29) is 11.4 Å². The molecule has 0 aliphatic heterocycles. The van der Waals surface area contributed by atoms with Gasteiger partial charge < -0.3 is 14.8 Å². The number of hydrogen-bond acceptors (Lipinski definition) is 5. The Morgan fingerprint density at radius 3 is 2.82 bits per heavy atom. The third-order valence-electron chi connectivity index (χ3n) is 2.15. The first-order chi connectivity index (χ1) is 8.19. The second-order valence-corrected chi connectivity index (χ2v) is 3.29. The zero-order valence-corrected chi connectivity index (χ0v) is 9.93. The van der Waals surface area contributed by atoms with Gasteiger partial charge in [0, 0.05) is 6.54 Å². The van der Waals surface area contributed by atoms with Gasteiger partial charge in [0.1, 0.15) is 12.4 Å². The molecule has 0 spiro atoms. The number of nitrogens with zero attached hydrogens (tertiary/aromatic N) is 1. The van der Waals surface area contributed by atoms with Gasteiger partial charge in [0.15, 0.2) is 5.75 Å². The topological polar surface area (TPSA) is 73.6 Å². The molecule has 0 aliphatic rings. The normalized spacial score (nSPS) is 10.0. The van der Waals surface area contributed by atoms with Crippen LogP contribution in [0.4, 0.5) is 5.69 Å². The fourth-order valence-corrected chi connectivity index (χ4v) is 1.30. The third-order valence-corrected chi connectivity index (χ3v) is 2.15. The Kier molecular flexibility index (Phi) is 5.22. The minimum atomic E-state index is -0.481. The molecule has 1 aromatic carbocycles. The first kappa shape index (κ1) is 13.2. The summed E-state index contributed by atoms with van der Waals surface area (Å²) in [4.78, 5) is 10.4. The Morgan fingerprint density at radius 2 is 2.24 bits per heavy atom. The molecular weight excluding hydrogens is 224 g/mol. The van der Waals surface area contributed by atoms with Crippen LogP contribution in [0.15, 0.2) is 18.2 Å². The van der Waals surface area contributed by atoms with Gasteiger partial charge in [-0.25, -0.2) is 0 Å². The van der Waals surface area contributed by atoms with Crippen molar-refractivity contribution in [3.8, 4) is 11.5 Å². The van der Waals surface area contributed by atoms with E-state index in [1.54, 1.807) is 12.1 Å². The number of hydrogen-bond donors (Lipinski definition) is 1. The van der Waals surface area contributed by atoms with Crippen molar-refractivity contribution >= 4 is 5.69 Å². The third kappa shape index (κ3) is 3.92. The molecule has 94 valence electrons. The summed E-state index contributed by atoms with van der Waals surface area (Å²) in [6.45, 7) is 3.87. The molecule has 0 amide bonds. The number of methoxy groups -OCH3 is 1. The average molecular weight is 240 g/mol. The summed E-state index contributed by atoms with van der Waals surface area (Å²) in [7, 11) is 1.46. The Bertz CT molecular complexity index is 382. The molecule has 0 saturated carbocycles. The molecule has 0 radical (unpaired) electrons. The predicted octanol–water partition coefficient (Wildman–Crippen LogP) is 1.59. The van der Waals surface area contributed by atoms with E-state index in [1.165, 1.54) is 13.2 Å². The predicted molar refractivity (Wildman–Crippen MR) is 63.7 cm³/mol. The minimum absolute atomic E-state index is 0.0825. The van der Waals surface area contributed by atoms with Crippen LogP contribution in [0.2, 0.25) is 0 Å². The van der Waals surface area contributed by atoms with E-state index in [2.05, 4.69) is 5.32 Å². The van der Waals surface area contributed by atoms with Gasteiger partial charge in [-0.1, -0.05) is 6.92 Å². The molecule has 6 nitrogen and oxygen atoms in total. The number of likely N-dealkylation sites (N-methyl/N-ethyl adjacent to an activating group) is 1. The van der Waals surface area contributed by atoms with Crippen LogP contribution in [-0.4, -0.2) is 31.7 Å². The summed E-state index contributed by atoms with van der Waals surface area (Å²) >= 11 is 0. The Hall–Kier alpha value is -1.82. The van der Waals surface area contributed by atoms with Crippen molar-refractivity contribution in [2.24, 2.45) is 0 Å². The van der Waals surface area contributed by atoms with E-state index in [0.717, 1.165) is 6.54 Å². The SMILES string of the molecule is CCNCCOc1ccc(OC)cc1[N+](=O)[O-]. The second kappa shape index (κ2) is 6.70. The molecule has 0 heterocycles. The highest BCUT2D eigenvalue weighted by molar-refractivity contribution is 5.50. The zero-order chi connectivity index (χ0) is 12.7. The molecule has 17 heavy (non-hydrogen) atoms. The quantitative estimate of drug-likeness (QED) is 0.445. The lowest BCUT2D eigenvalue weighted by molar-refractivity contribution is -0.385. The summed E-state index contributed by atoms with van der Waals surface area (Å²) in [6.07, 6.45) is 0. The van der Waals surface area contributed by atoms with Crippen molar-refractivity contribution in [2.75, 3.05) is 26.8 Å². The summed E-state index contributed by atoms with van der Waals surface area (Å²) in [5.41, 5.74) is -0.0825. The monoisotopic (exact) mass is 240 g/mol. The maximum Gasteiger partial charge on any atom is 0.314 e. The van der Waals surface area contributed by atoms with Crippen LogP contribution in [-0.2, 0) is 0 Å². The summed E-state index contributed by atoms with van der Waals surface area (Å²) in [5.74, 6) is 0.699. The van der Waals surface area contributed by atoms with Gasteiger partial charge in [0.05, 0.1) is 18.1 Å². The number of ether oxygens (including phenoxy) is 2.